The minimum absolute atomic E-state index is 0.619. The lowest BCUT2D eigenvalue weighted by molar-refractivity contribution is 0.881. The number of H-pyrrole nitrogens is 1. The number of benzene rings is 2. The fourth-order valence-corrected chi connectivity index (χ4v) is 2.11. The van der Waals surface area contributed by atoms with Gasteiger partial charge in [0.25, 0.3) is 0 Å². The second-order valence-corrected chi connectivity index (χ2v) is 4.58. The van der Waals surface area contributed by atoms with Gasteiger partial charge in [0.2, 0.25) is 5.82 Å². The minimum Gasteiger partial charge on any atom is -0.177 e. The van der Waals surface area contributed by atoms with Gasteiger partial charge in [-0.05, 0) is 41.3 Å². The fourth-order valence-electron chi connectivity index (χ4n) is 2.11. The van der Waals surface area contributed by atoms with E-state index in [0.717, 1.165) is 11.1 Å². The molecule has 94 valence electrons. The number of rotatable bonds is 2. The molecular formula is C15H14N4. The highest BCUT2D eigenvalue weighted by Gasteiger charge is 2.10. The van der Waals surface area contributed by atoms with Gasteiger partial charge in [0.15, 0.2) is 0 Å². The molecular weight excluding hydrogens is 236 g/mol. The van der Waals surface area contributed by atoms with E-state index in [0.29, 0.717) is 5.82 Å². The van der Waals surface area contributed by atoms with Gasteiger partial charge in [-0.15, -0.1) is 10.2 Å². The van der Waals surface area contributed by atoms with E-state index >= 15 is 0 Å². The largest absolute Gasteiger partial charge is 0.205 e. The van der Waals surface area contributed by atoms with Crippen molar-refractivity contribution in [3.63, 3.8) is 0 Å². The molecule has 3 rings (SSSR count). The van der Waals surface area contributed by atoms with E-state index in [1.54, 1.807) is 0 Å². The molecule has 0 aliphatic rings. The number of aryl methyl sites for hydroxylation is 2. The van der Waals surface area contributed by atoms with Gasteiger partial charge >= 0.3 is 0 Å². The van der Waals surface area contributed by atoms with Crippen LogP contribution in [-0.2, 0) is 0 Å². The highest BCUT2D eigenvalue weighted by atomic mass is 15.5. The summed E-state index contributed by atoms with van der Waals surface area (Å²) < 4.78 is 0. The Morgan fingerprint density at radius 1 is 0.895 bits per heavy atom. The monoisotopic (exact) mass is 250 g/mol. The molecule has 1 N–H and O–H groups in total. The Morgan fingerprint density at radius 3 is 2.37 bits per heavy atom. The van der Waals surface area contributed by atoms with Gasteiger partial charge in [0.05, 0.1) is 0 Å². The SMILES string of the molecule is Cc1ccc(-c2ccccc2-c2nn[nH]n2)cc1C. The predicted molar refractivity (Wildman–Crippen MR) is 74.5 cm³/mol. The third-order valence-corrected chi connectivity index (χ3v) is 3.33. The first kappa shape index (κ1) is 11.6. The first-order valence-corrected chi connectivity index (χ1v) is 6.16. The maximum absolute atomic E-state index is 4.07. The molecule has 4 heteroatoms. The average molecular weight is 250 g/mol. The van der Waals surface area contributed by atoms with Crippen LogP contribution in [0.5, 0.6) is 0 Å². The van der Waals surface area contributed by atoms with Gasteiger partial charge in [-0.1, -0.05) is 42.5 Å². The number of hydrogen-bond acceptors (Lipinski definition) is 3. The van der Waals surface area contributed by atoms with Crippen LogP contribution in [0.3, 0.4) is 0 Å². The smallest absolute Gasteiger partial charge is 0.177 e. The van der Waals surface area contributed by atoms with E-state index < -0.39 is 0 Å². The molecule has 0 saturated heterocycles. The first-order valence-electron chi connectivity index (χ1n) is 6.16. The number of aromatic amines is 1. The van der Waals surface area contributed by atoms with Crippen LogP contribution < -0.4 is 0 Å². The highest BCUT2D eigenvalue weighted by molar-refractivity contribution is 5.80. The number of tetrazole rings is 1. The van der Waals surface area contributed by atoms with Crippen LogP contribution in [0.2, 0.25) is 0 Å². The lowest BCUT2D eigenvalue weighted by Gasteiger charge is -2.08. The summed E-state index contributed by atoms with van der Waals surface area (Å²) in [6.45, 7) is 4.24. The Bertz CT molecular complexity index is 702. The third kappa shape index (κ3) is 2.12. The van der Waals surface area contributed by atoms with Crippen LogP contribution in [0.4, 0.5) is 0 Å². The second kappa shape index (κ2) is 4.65. The standard InChI is InChI=1S/C15H14N4/c1-10-7-8-12(9-11(10)2)13-5-3-4-6-14(13)15-16-18-19-17-15/h3-9H,1-2H3,(H,16,17,18,19). The molecule has 0 unspecified atom stereocenters. The van der Waals surface area contributed by atoms with Crippen molar-refractivity contribution in [1.29, 1.82) is 0 Å². The number of nitrogens with zero attached hydrogens (tertiary/aromatic N) is 3. The minimum atomic E-state index is 0.619. The van der Waals surface area contributed by atoms with Gasteiger partial charge in [-0.3, -0.25) is 0 Å². The molecule has 1 aromatic heterocycles. The van der Waals surface area contributed by atoms with Crippen LogP contribution in [-0.4, -0.2) is 20.6 Å². The van der Waals surface area contributed by atoms with E-state index in [1.807, 2.05) is 18.2 Å². The van der Waals surface area contributed by atoms with Crippen molar-refractivity contribution in [2.24, 2.45) is 0 Å². The van der Waals surface area contributed by atoms with Crippen LogP contribution in [0.15, 0.2) is 42.5 Å². The molecule has 0 saturated carbocycles. The number of aromatic nitrogens is 4. The average Bonchev–Trinajstić information content (AvgIpc) is 2.96. The fraction of sp³-hybridized carbons (Fsp3) is 0.133. The molecule has 0 bridgehead atoms. The molecule has 0 radical (unpaired) electrons. The molecule has 0 spiro atoms. The van der Waals surface area contributed by atoms with E-state index in [9.17, 15) is 0 Å². The molecule has 0 aliphatic heterocycles. The maximum atomic E-state index is 4.07. The summed E-state index contributed by atoms with van der Waals surface area (Å²) in [5, 5.41) is 14.3. The van der Waals surface area contributed by atoms with Crippen LogP contribution in [0.25, 0.3) is 22.5 Å². The van der Waals surface area contributed by atoms with Gasteiger partial charge in [0.1, 0.15) is 0 Å². The van der Waals surface area contributed by atoms with E-state index in [1.165, 1.54) is 16.7 Å². The van der Waals surface area contributed by atoms with Crippen LogP contribution in [0, 0.1) is 13.8 Å². The Labute approximate surface area is 111 Å². The lowest BCUT2D eigenvalue weighted by atomic mass is 9.96. The van der Waals surface area contributed by atoms with Crippen LogP contribution >= 0.6 is 0 Å². The number of nitrogens with one attached hydrogen (secondary N) is 1. The van der Waals surface area contributed by atoms with Gasteiger partial charge in [-0.2, -0.15) is 5.21 Å². The van der Waals surface area contributed by atoms with Gasteiger partial charge in [0, 0.05) is 5.56 Å². The summed E-state index contributed by atoms with van der Waals surface area (Å²) in [4.78, 5) is 0. The Hall–Kier alpha value is -2.49. The molecule has 19 heavy (non-hydrogen) atoms. The van der Waals surface area contributed by atoms with Crippen molar-refractivity contribution in [3.05, 3.63) is 53.6 Å². The molecule has 0 amide bonds. The zero-order chi connectivity index (χ0) is 13.2. The predicted octanol–water partition coefficient (Wildman–Crippen LogP) is 3.15. The summed E-state index contributed by atoms with van der Waals surface area (Å²) in [7, 11) is 0. The lowest BCUT2D eigenvalue weighted by Crippen LogP contribution is -1.89. The van der Waals surface area contributed by atoms with Crippen molar-refractivity contribution in [2.45, 2.75) is 13.8 Å². The van der Waals surface area contributed by atoms with Gasteiger partial charge in [-0.25, -0.2) is 0 Å². The van der Waals surface area contributed by atoms with Crippen molar-refractivity contribution < 1.29 is 0 Å². The van der Waals surface area contributed by atoms with Crippen LogP contribution in [0.1, 0.15) is 11.1 Å². The molecule has 0 fully saturated rings. The zero-order valence-electron chi connectivity index (χ0n) is 10.9. The third-order valence-electron chi connectivity index (χ3n) is 3.33. The topological polar surface area (TPSA) is 54.5 Å². The zero-order valence-corrected chi connectivity index (χ0v) is 10.9. The maximum Gasteiger partial charge on any atom is 0.205 e. The van der Waals surface area contributed by atoms with Crippen molar-refractivity contribution in [1.82, 2.24) is 20.6 Å². The Morgan fingerprint density at radius 2 is 1.68 bits per heavy atom. The first-order chi connectivity index (χ1) is 9.25. The molecule has 2 aromatic carbocycles. The van der Waals surface area contributed by atoms with E-state index in [-0.39, 0.29) is 0 Å². The molecule has 0 aliphatic carbocycles. The summed E-state index contributed by atoms with van der Waals surface area (Å²) in [6.07, 6.45) is 0. The summed E-state index contributed by atoms with van der Waals surface area (Å²) in [5.74, 6) is 0.619. The quantitative estimate of drug-likeness (QED) is 0.760. The second-order valence-electron chi connectivity index (χ2n) is 4.58. The molecule has 1 heterocycles. The highest BCUT2D eigenvalue weighted by Crippen LogP contribution is 2.30. The molecule has 3 aromatic rings. The van der Waals surface area contributed by atoms with Crippen molar-refractivity contribution >= 4 is 0 Å². The van der Waals surface area contributed by atoms with E-state index in [4.69, 9.17) is 0 Å². The van der Waals surface area contributed by atoms with Crippen molar-refractivity contribution in [3.8, 4) is 22.5 Å². The summed E-state index contributed by atoms with van der Waals surface area (Å²) in [5.41, 5.74) is 5.84. The van der Waals surface area contributed by atoms with Gasteiger partial charge < -0.3 is 0 Å². The molecule has 4 nitrogen and oxygen atoms in total. The van der Waals surface area contributed by atoms with E-state index in [2.05, 4.69) is 58.7 Å². The number of hydrogen-bond donors (Lipinski definition) is 1. The molecule has 0 atom stereocenters. The summed E-state index contributed by atoms with van der Waals surface area (Å²) >= 11 is 0. The van der Waals surface area contributed by atoms with Crippen molar-refractivity contribution in [2.75, 3.05) is 0 Å². The Kier molecular flexibility index (Phi) is 2.83. The normalized spacial score (nSPS) is 10.6. The summed E-state index contributed by atoms with van der Waals surface area (Å²) in [6, 6.07) is 14.5. The Balaban J connectivity index is 2.17.